The van der Waals surface area contributed by atoms with E-state index in [0.717, 1.165) is 25.1 Å². The minimum Gasteiger partial charge on any atom is -0.376 e. The molecule has 1 N–H and O–H groups in total. The minimum absolute atomic E-state index is 0.219. The van der Waals surface area contributed by atoms with E-state index in [0.29, 0.717) is 18.5 Å². The molecule has 1 aliphatic rings. The quantitative estimate of drug-likeness (QED) is 0.913. The van der Waals surface area contributed by atoms with Crippen molar-refractivity contribution in [2.75, 3.05) is 18.4 Å². The topological polar surface area (TPSA) is 32.3 Å². The lowest BCUT2D eigenvalue weighted by atomic mass is 9.99. The van der Waals surface area contributed by atoms with Gasteiger partial charge in [0.25, 0.3) is 0 Å². The molecule has 1 aliphatic heterocycles. The molecule has 0 saturated carbocycles. The number of hydrogen-bond acceptors (Lipinski definition) is 2. The zero-order valence-electron chi connectivity index (χ0n) is 13.1. The van der Waals surface area contributed by atoms with Crippen molar-refractivity contribution in [3.63, 3.8) is 0 Å². The Morgan fingerprint density at radius 2 is 2.00 bits per heavy atom. The Bertz CT molecular complexity index is 464. The number of nitrogens with zero attached hydrogens (tertiary/aromatic N) is 1. The van der Waals surface area contributed by atoms with Crippen LogP contribution in [-0.4, -0.2) is 29.9 Å². The number of amides is 1. The Balaban J connectivity index is 1.96. The number of benzene rings is 1. The first-order chi connectivity index (χ1) is 9.54. The molecule has 1 aromatic carbocycles. The van der Waals surface area contributed by atoms with Gasteiger partial charge < -0.3 is 10.2 Å². The Morgan fingerprint density at radius 1 is 1.35 bits per heavy atom. The first kappa shape index (κ1) is 14.9. The van der Waals surface area contributed by atoms with E-state index in [-0.39, 0.29) is 5.91 Å². The van der Waals surface area contributed by atoms with E-state index in [1.165, 1.54) is 11.1 Å². The second-order valence-corrected chi connectivity index (χ2v) is 5.91. The van der Waals surface area contributed by atoms with Gasteiger partial charge >= 0.3 is 0 Å². The average Bonchev–Trinajstić information content (AvgIpc) is 2.79. The van der Waals surface area contributed by atoms with E-state index in [2.05, 4.69) is 45.1 Å². The number of carbonyl (C=O) groups excluding carboxylic acids is 1. The summed E-state index contributed by atoms with van der Waals surface area (Å²) in [5.74, 6) is 0.884. The fraction of sp³-hybridized carbons (Fsp3) is 0.588. The summed E-state index contributed by atoms with van der Waals surface area (Å²) in [5, 5.41) is 3.32. The van der Waals surface area contributed by atoms with Crippen molar-refractivity contribution in [3.05, 3.63) is 29.3 Å². The maximum absolute atomic E-state index is 12.4. The lowest BCUT2D eigenvalue weighted by molar-refractivity contribution is -0.130. The lowest BCUT2D eigenvalue weighted by Gasteiger charge is -2.25. The van der Waals surface area contributed by atoms with E-state index in [1.54, 1.807) is 0 Å². The Morgan fingerprint density at radius 3 is 2.55 bits per heavy atom. The minimum atomic E-state index is 0.219. The lowest BCUT2D eigenvalue weighted by Crippen LogP contribution is -2.39. The molecule has 2 atom stereocenters. The molecule has 0 spiro atoms. The van der Waals surface area contributed by atoms with Crippen LogP contribution in [0.4, 0.5) is 5.69 Å². The predicted molar refractivity (Wildman–Crippen MR) is 84.0 cm³/mol. The van der Waals surface area contributed by atoms with Crippen LogP contribution in [0.2, 0.25) is 0 Å². The van der Waals surface area contributed by atoms with Crippen LogP contribution in [0.3, 0.4) is 0 Å². The summed E-state index contributed by atoms with van der Waals surface area (Å²) >= 11 is 0. The van der Waals surface area contributed by atoms with Gasteiger partial charge in [0.15, 0.2) is 0 Å². The predicted octanol–water partition coefficient (Wildman–Crippen LogP) is 3.36. The summed E-state index contributed by atoms with van der Waals surface area (Å²) in [4.78, 5) is 14.4. The van der Waals surface area contributed by atoms with E-state index < -0.39 is 0 Å². The molecule has 3 nitrogen and oxygen atoms in total. The van der Waals surface area contributed by atoms with Crippen molar-refractivity contribution in [1.82, 2.24) is 4.90 Å². The SMILES string of the molecule is CC[C@@H]1CCN(C(=O)CNc2c(C)cccc2C)[C@@H]1C. The third-order valence-corrected chi connectivity index (χ3v) is 4.66. The number of likely N-dealkylation sites (tertiary alicyclic amines) is 1. The van der Waals surface area contributed by atoms with E-state index >= 15 is 0 Å². The molecule has 1 heterocycles. The molecule has 0 aliphatic carbocycles. The number of anilines is 1. The van der Waals surface area contributed by atoms with Gasteiger partial charge in [0.1, 0.15) is 0 Å². The maximum atomic E-state index is 12.4. The molecule has 1 saturated heterocycles. The summed E-state index contributed by atoms with van der Waals surface area (Å²) in [5.41, 5.74) is 3.48. The van der Waals surface area contributed by atoms with Crippen molar-refractivity contribution in [2.45, 2.75) is 46.6 Å². The molecule has 110 valence electrons. The highest BCUT2D eigenvalue weighted by Gasteiger charge is 2.32. The van der Waals surface area contributed by atoms with Gasteiger partial charge in [0.2, 0.25) is 5.91 Å². The zero-order valence-corrected chi connectivity index (χ0v) is 13.1. The molecule has 1 fully saturated rings. The van der Waals surface area contributed by atoms with Crippen LogP contribution in [0.1, 0.15) is 37.8 Å². The average molecular weight is 274 g/mol. The molecule has 0 unspecified atom stereocenters. The van der Waals surface area contributed by atoms with Gasteiger partial charge in [-0.15, -0.1) is 0 Å². The Kier molecular flexibility index (Phi) is 4.69. The first-order valence-electron chi connectivity index (χ1n) is 7.64. The number of para-hydroxylation sites is 1. The molecule has 0 aromatic heterocycles. The molecule has 1 aromatic rings. The Labute approximate surface area is 122 Å². The van der Waals surface area contributed by atoms with E-state index in [1.807, 2.05) is 11.0 Å². The fourth-order valence-electron chi connectivity index (χ4n) is 3.26. The molecular formula is C17H26N2O. The largest absolute Gasteiger partial charge is 0.376 e. The van der Waals surface area contributed by atoms with Crippen LogP contribution < -0.4 is 5.32 Å². The van der Waals surface area contributed by atoms with Crippen LogP contribution in [-0.2, 0) is 4.79 Å². The molecule has 0 bridgehead atoms. The number of nitrogens with one attached hydrogen (secondary N) is 1. The summed E-state index contributed by atoms with van der Waals surface area (Å²) < 4.78 is 0. The van der Waals surface area contributed by atoms with Crippen LogP contribution in [0.5, 0.6) is 0 Å². The van der Waals surface area contributed by atoms with Crippen molar-refractivity contribution < 1.29 is 4.79 Å². The van der Waals surface area contributed by atoms with Gasteiger partial charge in [-0.1, -0.05) is 31.5 Å². The molecular weight excluding hydrogens is 248 g/mol. The number of rotatable bonds is 4. The maximum Gasteiger partial charge on any atom is 0.242 e. The standard InChI is InChI=1S/C17H26N2O/c1-5-15-9-10-19(14(15)4)16(20)11-18-17-12(2)7-6-8-13(17)3/h6-8,14-15,18H,5,9-11H2,1-4H3/t14-,15-/m1/s1. The highest BCUT2D eigenvalue weighted by molar-refractivity contribution is 5.82. The third-order valence-electron chi connectivity index (χ3n) is 4.66. The molecule has 1 amide bonds. The second-order valence-electron chi connectivity index (χ2n) is 5.91. The van der Waals surface area contributed by atoms with Crippen molar-refractivity contribution in [3.8, 4) is 0 Å². The van der Waals surface area contributed by atoms with Crippen LogP contribution in [0.25, 0.3) is 0 Å². The van der Waals surface area contributed by atoms with Crippen LogP contribution in [0, 0.1) is 19.8 Å². The fourth-order valence-corrected chi connectivity index (χ4v) is 3.26. The van der Waals surface area contributed by atoms with Crippen LogP contribution in [0.15, 0.2) is 18.2 Å². The summed E-state index contributed by atoms with van der Waals surface area (Å²) in [6.07, 6.45) is 2.31. The van der Waals surface area contributed by atoms with Crippen molar-refractivity contribution >= 4 is 11.6 Å². The number of hydrogen-bond donors (Lipinski definition) is 1. The van der Waals surface area contributed by atoms with Gasteiger partial charge in [0, 0.05) is 18.3 Å². The van der Waals surface area contributed by atoms with Crippen LogP contribution >= 0.6 is 0 Å². The van der Waals surface area contributed by atoms with Gasteiger partial charge in [-0.3, -0.25) is 4.79 Å². The van der Waals surface area contributed by atoms with Gasteiger partial charge in [-0.25, -0.2) is 0 Å². The number of carbonyl (C=O) groups is 1. The molecule has 20 heavy (non-hydrogen) atoms. The number of aryl methyl sites for hydroxylation is 2. The smallest absolute Gasteiger partial charge is 0.242 e. The monoisotopic (exact) mass is 274 g/mol. The normalized spacial score (nSPS) is 22.1. The van der Waals surface area contributed by atoms with Crippen molar-refractivity contribution in [2.24, 2.45) is 5.92 Å². The van der Waals surface area contributed by atoms with E-state index in [4.69, 9.17) is 0 Å². The zero-order chi connectivity index (χ0) is 14.7. The molecule has 0 radical (unpaired) electrons. The first-order valence-corrected chi connectivity index (χ1v) is 7.64. The Hall–Kier alpha value is -1.51. The summed E-state index contributed by atoms with van der Waals surface area (Å²) in [7, 11) is 0. The molecule has 2 rings (SSSR count). The third kappa shape index (κ3) is 2.97. The second kappa shape index (κ2) is 6.29. The molecule has 3 heteroatoms. The highest BCUT2D eigenvalue weighted by atomic mass is 16.2. The summed E-state index contributed by atoms with van der Waals surface area (Å²) in [6.45, 7) is 9.85. The highest BCUT2D eigenvalue weighted by Crippen LogP contribution is 2.27. The van der Waals surface area contributed by atoms with Gasteiger partial charge in [-0.05, 0) is 44.2 Å². The summed E-state index contributed by atoms with van der Waals surface area (Å²) in [6, 6.07) is 6.58. The van der Waals surface area contributed by atoms with Gasteiger partial charge in [-0.2, -0.15) is 0 Å². The van der Waals surface area contributed by atoms with Crippen molar-refractivity contribution in [1.29, 1.82) is 0 Å². The van der Waals surface area contributed by atoms with Gasteiger partial charge in [0.05, 0.1) is 6.54 Å². The van der Waals surface area contributed by atoms with E-state index in [9.17, 15) is 4.79 Å².